The van der Waals surface area contributed by atoms with E-state index in [4.69, 9.17) is 14.2 Å². The lowest BCUT2D eigenvalue weighted by atomic mass is 9.97. The van der Waals surface area contributed by atoms with Crippen LogP contribution < -0.4 is 10.3 Å². The molecule has 10 nitrogen and oxygen atoms in total. The van der Waals surface area contributed by atoms with Crippen LogP contribution in [0.3, 0.4) is 0 Å². The third kappa shape index (κ3) is 6.16. The van der Waals surface area contributed by atoms with Crippen molar-refractivity contribution >= 4 is 17.8 Å². The molecular weight excluding hydrogens is 418 g/mol. The van der Waals surface area contributed by atoms with Crippen molar-refractivity contribution in [2.45, 2.75) is 19.4 Å². The van der Waals surface area contributed by atoms with Crippen molar-refractivity contribution in [3.05, 3.63) is 58.5 Å². The summed E-state index contributed by atoms with van der Waals surface area (Å²) in [4.78, 5) is 49.7. The number of rotatable bonds is 8. The number of carbonyl (C=O) groups excluding carboxylic acids is 3. The second-order valence-corrected chi connectivity index (χ2v) is 7.20. The van der Waals surface area contributed by atoms with Gasteiger partial charge in [0.05, 0.1) is 19.6 Å². The molecule has 1 fully saturated rings. The van der Waals surface area contributed by atoms with E-state index in [0.29, 0.717) is 31.7 Å². The lowest BCUT2D eigenvalue weighted by Crippen LogP contribution is -2.42. The highest BCUT2D eigenvalue weighted by Crippen LogP contribution is 2.18. The normalized spacial score (nSPS) is 14.0. The molecule has 0 N–H and O–H groups in total. The first-order chi connectivity index (χ1) is 15.5. The van der Waals surface area contributed by atoms with Crippen LogP contribution in [0.25, 0.3) is 0 Å². The summed E-state index contributed by atoms with van der Waals surface area (Å²) in [6.07, 6.45) is 1.01. The molecule has 1 aliphatic rings. The molecule has 0 saturated carbocycles. The minimum absolute atomic E-state index is 0.0819. The van der Waals surface area contributed by atoms with Crippen LogP contribution in [0.4, 0.5) is 0 Å². The molecule has 0 atom stereocenters. The van der Waals surface area contributed by atoms with Crippen LogP contribution in [-0.2, 0) is 25.6 Å². The summed E-state index contributed by atoms with van der Waals surface area (Å²) in [7, 11) is 1.34. The van der Waals surface area contributed by atoms with Crippen LogP contribution in [0.5, 0.6) is 5.75 Å². The fourth-order valence-electron chi connectivity index (χ4n) is 3.31. The summed E-state index contributed by atoms with van der Waals surface area (Å²) in [5, 5.41) is 4.01. The monoisotopic (exact) mass is 443 g/mol. The maximum atomic E-state index is 12.3. The summed E-state index contributed by atoms with van der Waals surface area (Å²) < 4.78 is 16.5. The van der Waals surface area contributed by atoms with Crippen molar-refractivity contribution in [3.8, 4) is 5.75 Å². The van der Waals surface area contributed by atoms with E-state index in [1.54, 1.807) is 17.0 Å². The van der Waals surface area contributed by atoms with Crippen molar-refractivity contribution in [1.82, 2.24) is 14.7 Å². The Balaban J connectivity index is 1.48. The Hall–Kier alpha value is -3.69. The van der Waals surface area contributed by atoms with Crippen LogP contribution in [0.2, 0.25) is 0 Å². The number of amides is 1. The molecule has 1 aromatic heterocycles. The lowest BCUT2D eigenvalue weighted by molar-refractivity contribution is -0.149. The molecule has 1 aliphatic heterocycles. The van der Waals surface area contributed by atoms with Crippen LogP contribution in [-0.4, -0.2) is 65.9 Å². The first-order valence-electron chi connectivity index (χ1n) is 10.3. The number of benzene rings is 1. The smallest absolute Gasteiger partial charge is 0.359 e. The highest BCUT2D eigenvalue weighted by Gasteiger charge is 2.28. The molecule has 2 heterocycles. The zero-order valence-corrected chi connectivity index (χ0v) is 17.8. The molecule has 0 aliphatic carbocycles. The number of methoxy groups -OCH3 is 1. The van der Waals surface area contributed by atoms with Gasteiger partial charge >= 0.3 is 11.9 Å². The Bertz CT molecular complexity index is 998. The first-order valence-corrected chi connectivity index (χ1v) is 10.3. The molecule has 0 unspecified atom stereocenters. The number of piperidine rings is 1. The van der Waals surface area contributed by atoms with Gasteiger partial charge < -0.3 is 19.1 Å². The van der Waals surface area contributed by atoms with Gasteiger partial charge in [-0.05, 0) is 31.0 Å². The molecule has 1 saturated heterocycles. The van der Waals surface area contributed by atoms with Gasteiger partial charge in [0, 0.05) is 19.2 Å². The van der Waals surface area contributed by atoms with Gasteiger partial charge in [-0.1, -0.05) is 18.2 Å². The molecule has 2 aromatic rings. The Morgan fingerprint density at radius 3 is 2.47 bits per heavy atom. The molecule has 32 heavy (non-hydrogen) atoms. The van der Waals surface area contributed by atoms with Gasteiger partial charge in [-0.25, -0.2) is 9.48 Å². The topological polar surface area (TPSA) is 117 Å². The lowest BCUT2D eigenvalue weighted by Gasteiger charge is -2.30. The Kier molecular flexibility index (Phi) is 7.96. The highest BCUT2D eigenvalue weighted by molar-refractivity contribution is 5.89. The van der Waals surface area contributed by atoms with Crippen molar-refractivity contribution < 1.29 is 28.6 Å². The van der Waals surface area contributed by atoms with Gasteiger partial charge in [0.25, 0.3) is 11.5 Å². The zero-order valence-electron chi connectivity index (χ0n) is 17.8. The van der Waals surface area contributed by atoms with Crippen LogP contribution in [0, 0.1) is 5.92 Å². The summed E-state index contributed by atoms with van der Waals surface area (Å²) >= 11 is 0. The van der Waals surface area contributed by atoms with E-state index in [9.17, 15) is 19.2 Å². The molecule has 10 heteroatoms. The minimum Gasteiger partial charge on any atom is -0.492 e. The Morgan fingerprint density at radius 2 is 1.78 bits per heavy atom. The maximum Gasteiger partial charge on any atom is 0.359 e. The number of para-hydroxylation sites is 1. The number of likely N-dealkylation sites (tertiary alicyclic amines) is 1. The number of aromatic nitrogens is 2. The average molecular weight is 443 g/mol. The molecular formula is C22H25N3O7. The standard InChI is InChI=1S/C22H25N3O7/c1-30-21(28)16-9-11-24(12-10-16)20(27)15-32-22(29)18-7-8-19(26)25(23-18)13-14-31-17-5-3-2-4-6-17/h2-8,16H,9-15H2,1H3. The highest BCUT2D eigenvalue weighted by atomic mass is 16.5. The van der Waals surface area contributed by atoms with Gasteiger partial charge in [-0.3, -0.25) is 14.4 Å². The average Bonchev–Trinajstić information content (AvgIpc) is 2.83. The van der Waals surface area contributed by atoms with Gasteiger partial charge in [-0.15, -0.1) is 0 Å². The Labute approximate surface area is 184 Å². The third-order valence-corrected chi connectivity index (χ3v) is 5.10. The SMILES string of the molecule is COC(=O)C1CCN(C(=O)COC(=O)c2ccc(=O)n(CCOc3ccccc3)n2)CC1. The molecule has 3 rings (SSSR count). The van der Waals surface area contributed by atoms with Crippen LogP contribution in [0.1, 0.15) is 23.3 Å². The number of hydrogen-bond donors (Lipinski definition) is 0. The quantitative estimate of drug-likeness (QED) is 0.552. The third-order valence-electron chi connectivity index (χ3n) is 5.10. The van der Waals surface area contributed by atoms with E-state index in [2.05, 4.69) is 5.10 Å². The molecule has 0 spiro atoms. The van der Waals surface area contributed by atoms with Crippen LogP contribution >= 0.6 is 0 Å². The molecule has 1 aromatic carbocycles. The van der Waals surface area contributed by atoms with Crippen molar-refractivity contribution in [3.63, 3.8) is 0 Å². The number of ether oxygens (including phenoxy) is 3. The van der Waals surface area contributed by atoms with Crippen molar-refractivity contribution in [2.75, 3.05) is 33.4 Å². The summed E-state index contributed by atoms with van der Waals surface area (Å²) in [6, 6.07) is 11.6. The number of carbonyl (C=O) groups is 3. The second kappa shape index (κ2) is 11.1. The van der Waals surface area contributed by atoms with E-state index in [0.717, 1.165) is 4.68 Å². The zero-order chi connectivity index (χ0) is 22.9. The largest absolute Gasteiger partial charge is 0.492 e. The molecule has 1 amide bonds. The maximum absolute atomic E-state index is 12.3. The fourth-order valence-corrected chi connectivity index (χ4v) is 3.31. The van der Waals surface area contributed by atoms with Gasteiger partial charge in [0.1, 0.15) is 12.4 Å². The predicted molar refractivity (Wildman–Crippen MR) is 112 cm³/mol. The summed E-state index contributed by atoms with van der Waals surface area (Å²) in [5.41, 5.74) is -0.468. The van der Waals surface area contributed by atoms with E-state index in [-0.39, 0.29) is 42.2 Å². The van der Waals surface area contributed by atoms with Crippen molar-refractivity contribution in [1.29, 1.82) is 0 Å². The van der Waals surface area contributed by atoms with E-state index < -0.39 is 12.6 Å². The van der Waals surface area contributed by atoms with E-state index in [1.165, 1.54) is 19.2 Å². The fraction of sp³-hybridized carbons (Fsp3) is 0.409. The van der Waals surface area contributed by atoms with E-state index >= 15 is 0 Å². The van der Waals surface area contributed by atoms with E-state index in [1.807, 2.05) is 18.2 Å². The number of hydrogen-bond acceptors (Lipinski definition) is 8. The summed E-state index contributed by atoms with van der Waals surface area (Å²) in [6.45, 7) is 0.666. The van der Waals surface area contributed by atoms with Gasteiger partial charge in [0.2, 0.25) is 0 Å². The van der Waals surface area contributed by atoms with Gasteiger partial charge in [-0.2, -0.15) is 5.10 Å². The van der Waals surface area contributed by atoms with Crippen LogP contribution in [0.15, 0.2) is 47.3 Å². The molecule has 170 valence electrons. The number of nitrogens with zero attached hydrogens (tertiary/aromatic N) is 3. The molecule has 0 radical (unpaired) electrons. The number of esters is 2. The van der Waals surface area contributed by atoms with Crippen molar-refractivity contribution in [2.24, 2.45) is 5.92 Å². The first kappa shape index (κ1) is 23.0. The summed E-state index contributed by atoms with van der Waals surface area (Å²) in [5.74, 6) is -1.00. The Morgan fingerprint density at radius 1 is 1.06 bits per heavy atom. The predicted octanol–water partition coefficient (Wildman–Crippen LogP) is 0.891. The van der Waals surface area contributed by atoms with Gasteiger partial charge in [0.15, 0.2) is 12.3 Å². The minimum atomic E-state index is -0.805. The molecule has 0 bridgehead atoms. The second-order valence-electron chi connectivity index (χ2n) is 7.20.